The average Bonchev–Trinajstić information content (AvgIpc) is 1.55. The Kier molecular flexibility index (Phi) is 24.0. The SMILES string of the molecule is C.Cc1ccc2c3ccccc3c3ccccc3c2c1.Cc1ccc2ccc3c(ccc4c5ccccc5ccc43)c2c1.Cc1ccc2ccc3c4c(ccc3c2c1)-c1ccccc1C4(C)C.Cc1ccc2ccc3c4ccccc4ccc3c2c1.Cc1ccc2ccc3cc4c(cc3c2c1)C(C)(C)c1ccccc1-4.Cc1ccc2ccc3ccccc3c2c1.Cc1cccc(-c2ccc3c(ccc4ccccc43)c2)c1. The van der Waals surface area contributed by atoms with E-state index in [4.69, 9.17) is 0 Å². The quantitative estimate of drug-likeness (QED) is 0.144. The summed E-state index contributed by atoms with van der Waals surface area (Å²) in [6, 6.07) is 175. The molecule has 0 heteroatoms. The molecule has 0 radical (unpaired) electrons. The Morgan fingerprint density at radius 3 is 0.815 bits per heavy atom. The highest BCUT2D eigenvalue weighted by Gasteiger charge is 2.38. The van der Waals surface area contributed by atoms with Gasteiger partial charge >= 0.3 is 0 Å². The molecule has 0 nitrogen and oxygen atoms in total. The monoisotopic (exact) mass is 1870 g/mol. The summed E-state index contributed by atoms with van der Waals surface area (Å²) in [7, 11) is 0. The third kappa shape index (κ3) is 16.8. The van der Waals surface area contributed by atoms with Crippen LogP contribution < -0.4 is 0 Å². The van der Waals surface area contributed by atoms with Crippen molar-refractivity contribution in [3.8, 4) is 33.4 Å². The molecule has 30 rings (SSSR count). The molecule has 0 fully saturated rings. The topological polar surface area (TPSA) is 0 Å². The van der Waals surface area contributed by atoms with Gasteiger partial charge in [-0.1, -0.05) is 535 Å². The van der Waals surface area contributed by atoms with Gasteiger partial charge in [0, 0.05) is 10.8 Å². The van der Waals surface area contributed by atoms with Gasteiger partial charge in [-0.25, -0.2) is 0 Å². The smallest absolute Gasteiger partial charge is 0.0165 e. The zero-order valence-electron chi connectivity index (χ0n) is 84.1. The highest BCUT2D eigenvalue weighted by molar-refractivity contribution is 6.27. The van der Waals surface area contributed by atoms with Gasteiger partial charge in [0.05, 0.1) is 0 Å². The van der Waals surface area contributed by atoms with Gasteiger partial charge in [-0.3, -0.25) is 0 Å². The minimum atomic E-state index is 0. The van der Waals surface area contributed by atoms with Crippen LogP contribution in [0, 0.1) is 48.5 Å². The van der Waals surface area contributed by atoms with Crippen LogP contribution in [0.1, 0.15) is 96.3 Å². The van der Waals surface area contributed by atoms with Crippen LogP contribution in [0.3, 0.4) is 0 Å². The molecular weight excluding hydrogens is 1750 g/mol. The fourth-order valence-corrected chi connectivity index (χ4v) is 23.7. The highest BCUT2D eigenvalue weighted by Crippen LogP contribution is 2.54. The Hall–Kier alpha value is -17.2. The van der Waals surface area contributed by atoms with E-state index in [2.05, 4.69) is 555 Å². The Morgan fingerprint density at radius 2 is 0.363 bits per heavy atom. The molecule has 2 aliphatic rings. The lowest BCUT2D eigenvalue weighted by Crippen LogP contribution is -2.15. The number of rotatable bonds is 1. The molecule has 0 heterocycles. The summed E-state index contributed by atoms with van der Waals surface area (Å²) in [5, 5.41) is 48.1. The summed E-state index contributed by atoms with van der Waals surface area (Å²) in [4.78, 5) is 0. The molecule has 0 unspecified atom stereocenters. The second kappa shape index (κ2) is 37.9. The Bertz CT molecular complexity index is 10000. The third-order valence-electron chi connectivity index (χ3n) is 31.1. The van der Waals surface area contributed by atoms with Crippen LogP contribution in [0.4, 0.5) is 0 Å². The first-order valence-electron chi connectivity index (χ1n) is 51.1. The Labute approximate surface area is 855 Å². The van der Waals surface area contributed by atoms with E-state index >= 15 is 0 Å². The van der Waals surface area contributed by atoms with E-state index < -0.39 is 0 Å². The molecule has 0 saturated carbocycles. The second-order valence-corrected chi connectivity index (χ2v) is 41.4. The van der Waals surface area contributed by atoms with Crippen molar-refractivity contribution in [3.05, 3.63) is 540 Å². The molecule has 28 aromatic carbocycles. The number of benzene rings is 28. The first-order valence-corrected chi connectivity index (χ1v) is 51.1. The first kappa shape index (κ1) is 92.5. The normalized spacial score (nSPS) is 12.4. The van der Waals surface area contributed by atoms with Crippen molar-refractivity contribution in [2.24, 2.45) is 0 Å². The summed E-state index contributed by atoms with van der Waals surface area (Å²) < 4.78 is 0. The van der Waals surface area contributed by atoms with Crippen molar-refractivity contribution in [1.82, 2.24) is 0 Å². The Balaban J connectivity index is 0.0000000943. The summed E-state index contributed by atoms with van der Waals surface area (Å²) in [6.07, 6.45) is 0. The third-order valence-corrected chi connectivity index (χ3v) is 31.1. The van der Waals surface area contributed by atoms with Crippen LogP contribution in [0.2, 0.25) is 0 Å². The van der Waals surface area contributed by atoms with Gasteiger partial charge in [-0.15, -0.1) is 0 Å². The lowest BCUT2D eigenvalue weighted by atomic mass is 9.80. The standard InChI is InChI=1S/2C24H20.C23H16.C21H16.2C19H14.C15H12.CH4/c1-15-8-9-16-10-11-17-13-21-18-6-4-5-7-22(18)24(2,3)23(21)14-20(17)19(16)12-15;1-15-8-9-16-10-11-19-17(21(16)14-15)12-13-20-18-6-4-5-7-22(18)24(2,3)23(19)20;1-15-6-7-17-9-11-21-20-10-8-16-4-2-3-5-18(16)19(20)12-13-22(21)23(17)14-15;1-15-5-4-7-17(13-15)18-11-12-21-19(14-18)10-9-16-6-2-3-8-20(16)21;1-13-10-11-18-16-8-3-2-6-14(16)15-7-4-5-9-17(15)19(18)12-13;1-13-6-7-15-9-10-17-16-5-3-2-4-14(16)8-11-18(17)19(15)12-13;1-11-6-7-13-9-8-12-4-2-3-5-14(12)15(13)10-11;/h2*4-14H,1-3H3;2-14H,1H3;2-14H,1H3;2*2-12H,1H3;2-10H,1H3;1H4. The van der Waals surface area contributed by atoms with Crippen molar-refractivity contribution < 1.29 is 0 Å². The molecular formula is C146H116. The van der Waals surface area contributed by atoms with Crippen molar-refractivity contribution in [1.29, 1.82) is 0 Å². The van der Waals surface area contributed by atoms with E-state index in [0.717, 1.165) is 0 Å². The minimum absolute atomic E-state index is 0. The summed E-state index contributed by atoms with van der Waals surface area (Å²) in [5.74, 6) is 0. The van der Waals surface area contributed by atoms with Gasteiger partial charge in [-0.2, -0.15) is 0 Å². The average molecular weight is 1870 g/mol. The van der Waals surface area contributed by atoms with Gasteiger partial charge in [0.25, 0.3) is 0 Å². The molecule has 700 valence electrons. The van der Waals surface area contributed by atoms with Gasteiger partial charge in [0.2, 0.25) is 0 Å². The molecule has 2 aliphatic carbocycles. The van der Waals surface area contributed by atoms with Gasteiger partial charge in [-0.05, 0) is 316 Å². The molecule has 0 amide bonds. The summed E-state index contributed by atoms with van der Waals surface area (Å²) in [6.45, 7) is 24.5. The van der Waals surface area contributed by atoms with Crippen molar-refractivity contribution >= 4 is 194 Å². The zero-order chi connectivity index (χ0) is 98.5. The maximum atomic E-state index is 2.44. The van der Waals surface area contributed by atoms with Gasteiger partial charge in [0.1, 0.15) is 0 Å². The lowest BCUT2D eigenvalue weighted by molar-refractivity contribution is 0.661. The zero-order valence-corrected chi connectivity index (χ0v) is 84.1. The molecule has 28 aromatic rings. The summed E-state index contributed by atoms with van der Waals surface area (Å²) in [5.41, 5.74) is 23.2. The number of aryl methyl sites for hydroxylation is 7. The van der Waals surface area contributed by atoms with Crippen molar-refractivity contribution in [2.75, 3.05) is 0 Å². The molecule has 146 heavy (non-hydrogen) atoms. The van der Waals surface area contributed by atoms with E-state index in [9.17, 15) is 0 Å². The molecule has 0 bridgehead atoms. The maximum Gasteiger partial charge on any atom is 0.0165 e. The number of hydrogen-bond acceptors (Lipinski definition) is 0. The molecule has 0 saturated heterocycles. The molecule has 0 N–H and O–H groups in total. The second-order valence-electron chi connectivity index (χ2n) is 41.4. The van der Waals surface area contributed by atoms with Crippen molar-refractivity contribution in [2.45, 2.75) is 94.4 Å². The lowest BCUT2D eigenvalue weighted by Gasteiger charge is -2.23. The van der Waals surface area contributed by atoms with Gasteiger partial charge in [0.15, 0.2) is 0 Å². The van der Waals surface area contributed by atoms with E-state index in [1.54, 1.807) is 0 Å². The number of hydrogen-bond donors (Lipinski definition) is 0. The van der Waals surface area contributed by atoms with Crippen molar-refractivity contribution in [3.63, 3.8) is 0 Å². The fourth-order valence-electron chi connectivity index (χ4n) is 23.7. The van der Waals surface area contributed by atoms with Crippen LogP contribution in [-0.2, 0) is 10.8 Å². The number of fused-ring (bicyclic) bond motifs is 37. The predicted octanol–water partition coefficient (Wildman–Crippen LogP) is 41.6. The molecule has 0 spiro atoms. The first-order chi connectivity index (χ1) is 70.8. The minimum Gasteiger partial charge on any atom is -0.0776 e. The maximum absolute atomic E-state index is 2.44. The Morgan fingerprint density at radius 1 is 0.123 bits per heavy atom. The van der Waals surface area contributed by atoms with Crippen LogP contribution >= 0.6 is 0 Å². The van der Waals surface area contributed by atoms with Crippen LogP contribution in [-0.4, -0.2) is 0 Å². The molecule has 0 aromatic heterocycles. The van der Waals surface area contributed by atoms with Crippen LogP contribution in [0.15, 0.2) is 479 Å². The van der Waals surface area contributed by atoms with E-state index in [1.807, 2.05) is 0 Å². The van der Waals surface area contributed by atoms with Gasteiger partial charge < -0.3 is 0 Å². The largest absolute Gasteiger partial charge is 0.0776 e. The molecule has 0 aliphatic heterocycles. The predicted molar refractivity (Wildman–Crippen MR) is 641 cm³/mol. The highest BCUT2D eigenvalue weighted by atomic mass is 14.4. The van der Waals surface area contributed by atoms with E-state index in [0.29, 0.717) is 0 Å². The fraction of sp³-hybridized carbons (Fsp3) is 0.0959. The van der Waals surface area contributed by atoms with E-state index in [1.165, 1.54) is 288 Å². The molecule has 0 atom stereocenters. The van der Waals surface area contributed by atoms with Crippen LogP contribution in [0.25, 0.3) is 227 Å². The summed E-state index contributed by atoms with van der Waals surface area (Å²) >= 11 is 0. The van der Waals surface area contributed by atoms with E-state index in [-0.39, 0.29) is 18.3 Å². The van der Waals surface area contributed by atoms with Crippen LogP contribution in [0.5, 0.6) is 0 Å².